The zero-order valence-corrected chi connectivity index (χ0v) is 36.0. The topological polar surface area (TPSA) is 38.7 Å². The summed E-state index contributed by atoms with van der Waals surface area (Å²) in [7, 11) is 0. The molecule has 1 spiro atoms. The van der Waals surface area contributed by atoms with Gasteiger partial charge in [0.1, 0.15) is 0 Å². The van der Waals surface area contributed by atoms with Crippen molar-refractivity contribution in [3.8, 4) is 67.5 Å². The molecule has 0 radical (unpaired) electrons. The molecule has 9 aromatic carbocycles. The normalized spacial score (nSPS) is 13.1. The van der Waals surface area contributed by atoms with Crippen LogP contribution in [-0.4, -0.2) is 15.0 Å². The number of benzene rings is 9. The van der Waals surface area contributed by atoms with E-state index in [1.807, 2.05) is 11.8 Å². The molecule has 63 heavy (non-hydrogen) atoms. The maximum atomic E-state index is 5.47. The highest BCUT2D eigenvalue weighted by molar-refractivity contribution is 7.99. The molecule has 0 N–H and O–H groups in total. The molecule has 10 aromatic rings. The summed E-state index contributed by atoms with van der Waals surface area (Å²) in [6.45, 7) is 6.57. The number of hydrogen-bond acceptors (Lipinski definition) is 4. The maximum absolute atomic E-state index is 5.47. The molecule has 0 unspecified atom stereocenters. The molecule has 12 rings (SSSR count). The summed E-state index contributed by atoms with van der Waals surface area (Å²) in [5, 5.41) is 2.25. The van der Waals surface area contributed by atoms with Crippen molar-refractivity contribution < 1.29 is 0 Å². The van der Waals surface area contributed by atoms with Crippen LogP contribution in [-0.2, 0) is 5.41 Å². The molecule has 298 valence electrons. The van der Waals surface area contributed by atoms with Crippen LogP contribution >= 0.6 is 11.8 Å². The van der Waals surface area contributed by atoms with Gasteiger partial charge in [0.25, 0.3) is 0 Å². The molecule has 1 aromatic heterocycles. The van der Waals surface area contributed by atoms with Crippen LogP contribution in [0.5, 0.6) is 0 Å². The molecule has 2 aliphatic rings. The molecular weight excluding hydrogens is 783 g/mol. The lowest BCUT2D eigenvalue weighted by Gasteiger charge is -2.40. The molecule has 0 atom stereocenters. The largest absolute Gasteiger partial charge is 0.208 e. The van der Waals surface area contributed by atoms with Crippen molar-refractivity contribution in [1.82, 2.24) is 15.0 Å². The smallest absolute Gasteiger partial charge is 0.164 e. The van der Waals surface area contributed by atoms with Crippen LogP contribution in [0.4, 0.5) is 0 Å². The van der Waals surface area contributed by atoms with E-state index in [2.05, 4.69) is 215 Å². The first-order chi connectivity index (χ1) is 31.0. The van der Waals surface area contributed by atoms with Gasteiger partial charge in [0, 0.05) is 26.5 Å². The van der Waals surface area contributed by atoms with Crippen LogP contribution in [0.25, 0.3) is 78.3 Å². The van der Waals surface area contributed by atoms with Gasteiger partial charge >= 0.3 is 0 Å². The predicted molar refractivity (Wildman–Crippen MR) is 260 cm³/mol. The second-order valence-electron chi connectivity index (χ2n) is 16.9. The Morgan fingerprint density at radius 3 is 1.56 bits per heavy atom. The minimum absolute atomic E-state index is 0.582. The van der Waals surface area contributed by atoms with Gasteiger partial charge in [0.2, 0.25) is 0 Å². The van der Waals surface area contributed by atoms with E-state index in [1.165, 1.54) is 71.0 Å². The van der Waals surface area contributed by atoms with E-state index >= 15 is 0 Å². The predicted octanol–water partition coefficient (Wildman–Crippen LogP) is 15.1. The average molecular weight is 824 g/mol. The molecule has 1 aliphatic heterocycles. The fourth-order valence-electron chi connectivity index (χ4n) is 10.5. The number of rotatable bonds is 5. The number of aryl methyl sites for hydroxylation is 3. The quantitative estimate of drug-likeness (QED) is 0.173. The monoisotopic (exact) mass is 823 g/mol. The summed E-state index contributed by atoms with van der Waals surface area (Å²) < 4.78 is 0. The van der Waals surface area contributed by atoms with E-state index < -0.39 is 5.41 Å². The molecule has 1 aliphatic carbocycles. The lowest BCUT2D eigenvalue weighted by Crippen LogP contribution is -2.32. The van der Waals surface area contributed by atoms with E-state index in [1.54, 1.807) is 0 Å². The van der Waals surface area contributed by atoms with Crippen LogP contribution in [0, 0.1) is 20.8 Å². The van der Waals surface area contributed by atoms with Crippen LogP contribution in [0.2, 0.25) is 0 Å². The maximum Gasteiger partial charge on any atom is 0.164 e. The molecule has 0 saturated carbocycles. The summed E-state index contributed by atoms with van der Waals surface area (Å²) in [6, 6.07) is 70.5. The molecule has 0 fully saturated rings. The highest BCUT2D eigenvalue weighted by Gasteiger charge is 2.51. The highest BCUT2D eigenvalue weighted by atomic mass is 32.2. The number of aromatic nitrogens is 3. The fraction of sp³-hybridized carbons (Fsp3) is 0.0678. The summed E-state index contributed by atoms with van der Waals surface area (Å²) in [5.74, 6) is 1.94. The average Bonchev–Trinajstić information content (AvgIpc) is 3.62. The third kappa shape index (κ3) is 5.86. The van der Waals surface area contributed by atoms with E-state index in [4.69, 9.17) is 15.0 Å². The Morgan fingerprint density at radius 2 is 0.857 bits per heavy atom. The fourth-order valence-corrected chi connectivity index (χ4v) is 11.7. The van der Waals surface area contributed by atoms with Gasteiger partial charge in [-0.2, -0.15) is 0 Å². The van der Waals surface area contributed by atoms with Crippen molar-refractivity contribution in [3.05, 3.63) is 233 Å². The second kappa shape index (κ2) is 14.6. The number of fused-ring (bicyclic) bond motifs is 10. The van der Waals surface area contributed by atoms with E-state index in [0.29, 0.717) is 17.5 Å². The van der Waals surface area contributed by atoms with Crippen molar-refractivity contribution in [2.75, 3.05) is 0 Å². The Kier molecular flexibility index (Phi) is 8.67. The number of nitrogens with zero attached hydrogens (tertiary/aromatic N) is 3. The molecule has 2 heterocycles. The lowest BCUT2D eigenvalue weighted by molar-refractivity contribution is 0.723. The Hall–Kier alpha value is -7.40. The zero-order valence-electron chi connectivity index (χ0n) is 35.2. The summed E-state index contributed by atoms with van der Waals surface area (Å²) >= 11 is 1.85. The lowest BCUT2D eigenvalue weighted by atomic mass is 9.66. The van der Waals surface area contributed by atoms with Gasteiger partial charge in [-0.3, -0.25) is 0 Å². The standard InChI is InChI=1S/C59H41N3S/c1-36-34-37(2)54(38(3)35-36)42-30-26-39(27-31-42)40-28-32-43(33-29-40)56-60-57(47-19-12-15-41-14-4-5-16-44(41)47)62-58(61-56)48-20-13-18-46-45-17-6-7-21-49(45)59(55(46)48)50-22-8-10-24-52(50)63-53-25-11-9-23-51(53)59/h4-35H,1-3H3. The third-order valence-corrected chi connectivity index (χ3v) is 14.2. The Labute approximate surface area is 372 Å². The van der Waals surface area contributed by atoms with Crippen LogP contribution < -0.4 is 0 Å². The van der Waals surface area contributed by atoms with Crippen molar-refractivity contribution in [2.45, 2.75) is 36.0 Å². The Bertz CT molecular complexity index is 3380. The molecule has 0 amide bonds. The third-order valence-electron chi connectivity index (χ3n) is 13.1. The molecule has 3 nitrogen and oxygen atoms in total. The van der Waals surface area contributed by atoms with Crippen molar-refractivity contribution in [3.63, 3.8) is 0 Å². The first kappa shape index (κ1) is 37.4. The molecule has 0 bridgehead atoms. The van der Waals surface area contributed by atoms with Gasteiger partial charge < -0.3 is 0 Å². The second-order valence-corrected chi connectivity index (χ2v) is 18.0. The van der Waals surface area contributed by atoms with E-state index in [0.717, 1.165) is 38.6 Å². The highest BCUT2D eigenvalue weighted by Crippen LogP contribution is 2.63. The number of hydrogen-bond donors (Lipinski definition) is 0. The van der Waals surface area contributed by atoms with E-state index in [-0.39, 0.29) is 0 Å². The minimum atomic E-state index is -0.582. The Morgan fingerprint density at radius 1 is 0.381 bits per heavy atom. The van der Waals surface area contributed by atoms with Gasteiger partial charge in [-0.1, -0.05) is 199 Å². The van der Waals surface area contributed by atoms with Crippen molar-refractivity contribution in [2.24, 2.45) is 0 Å². The Balaban J connectivity index is 1.05. The summed E-state index contributed by atoms with van der Waals surface area (Å²) in [4.78, 5) is 18.7. The molecular formula is C59H41N3S. The summed E-state index contributed by atoms with van der Waals surface area (Å²) in [6.07, 6.45) is 0. The minimum Gasteiger partial charge on any atom is -0.208 e. The van der Waals surface area contributed by atoms with Crippen LogP contribution in [0.1, 0.15) is 38.9 Å². The first-order valence-corrected chi connectivity index (χ1v) is 22.4. The van der Waals surface area contributed by atoms with Gasteiger partial charge in [0.15, 0.2) is 17.5 Å². The molecule has 4 heteroatoms. The van der Waals surface area contributed by atoms with Crippen LogP contribution in [0.3, 0.4) is 0 Å². The van der Waals surface area contributed by atoms with Crippen molar-refractivity contribution >= 4 is 22.5 Å². The van der Waals surface area contributed by atoms with Gasteiger partial charge in [-0.25, -0.2) is 15.0 Å². The van der Waals surface area contributed by atoms with Crippen molar-refractivity contribution in [1.29, 1.82) is 0 Å². The van der Waals surface area contributed by atoms with E-state index in [9.17, 15) is 0 Å². The first-order valence-electron chi connectivity index (χ1n) is 21.6. The van der Waals surface area contributed by atoms with Gasteiger partial charge in [-0.15, -0.1) is 0 Å². The molecule has 0 saturated heterocycles. The zero-order chi connectivity index (χ0) is 42.2. The van der Waals surface area contributed by atoms with Gasteiger partial charge in [-0.05, 0) is 110 Å². The van der Waals surface area contributed by atoms with Gasteiger partial charge in [0.05, 0.1) is 5.41 Å². The SMILES string of the molecule is Cc1cc(C)c(-c2ccc(-c3ccc(-c4nc(-c5cccc6c5C5(c7ccccc7Sc7ccccc75)c5ccccc5-6)nc(-c5cccc6ccccc56)n4)cc3)cc2)c(C)c1. The summed E-state index contributed by atoms with van der Waals surface area (Å²) in [5.41, 5.74) is 18.6. The van der Waals surface area contributed by atoms with Crippen LogP contribution in [0.15, 0.2) is 204 Å².